The van der Waals surface area contributed by atoms with Crippen molar-refractivity contribution in [1.29, 1.82) is 0 Å². The van der Waals surface area contributed by atoms with Gasteiger partial charge in [-0.15, -0.1) is 0 Å². The zero-order valence-electron chi connectivity index (χ0n) is 20.9. The number of aliphatic hydroxyl groups is 2. The van der Waals surface area contributed by atoms with E-state index in [1.165, 1.54) is 11.0 Å². The maximum absolute atomic E-state index is 12.8. The van der Waals surface area contributed by atoms with E-state index in [0.29, 0.717) is 5.57 Å². The number of carbonyl (C=O) groups excluding carboxylic acids is 2. The molecule has 0 radical (unpaired) electrons. The van der Waals surface area contributed by atoms with Gasteiger partial charge >= 0.3 is 12.1 Å². The average Bonchev–Trinajstić information content (AvgIpc) is 2.97. The van der Waals surface area contributed by atoms with Crippen molar-refractivity contribution in [1.82, 2.24) is 4.90 Å². The number of amides is 1. The van der Waals surface area contributed by atoms with E-state index >= 15 is 0 Å². The minimum atomic E-state index is -0.951. The van der Waals surface area contributed by atoms with Gasteiger partial charge in [0.2, 0.25) is 0 Å². The third-order valence-electron chi connectivity index (χ3n) is 5.43. The van der Waals surface area contributed by atoms with Gasteiger partial charge in [-0.25, -0.2) is 9.59 Å². The summed E-state index contributed by atoms with van der Waals surface area (Å²) in [4.78, 5) is 25.8. The molecule has 32 heavy (non-hydrogen) atoms. The second-order valence-corrected chi connectivity index (χ2v) is 9.85. The highest BCUT2D eigenvalue weighted by Crippen LogP contribution is 2.31. The Kier molecular flexibility index (Phi) is 9.93. The van der Waals surface area contributed by atoms with Gasteiger partial charge < -0.3 is 24.4 Å². The zero-order valence-corrected chi connectivity index (χ0v) is 20.9. The Morgan fingerprint density at radius 1 is 1.25 bits per heavy atom. The van der Waals surface area contributed by atoms with Crippen LogP contribution in [0.1, 0.15) is 62.3 Å². The van der Waals surface area contributed by atoms with Crippen LogP contribution in [-0.2, 0) is 19.0 Å². The lowest BCUT2D eigenvalue weighted by molar-refractivity contribution is -0.137. The van der Waals surface area contributed by atoms with Crippen LogP contribution in [0.15, 0.2) is 23.8 Å². The monoisotopic (exact) mass is 455 g/mol. The number of ether oxygens (including phenoxy) is 3. The van der Waals surface area contributed by atoms with Crippen LogP contribution >= 0.6 is 0 Å². The summed E-state index contributed by atoms with van der Waals surface area (Å²) in [5, 5.41) is 21.5. The number of carbonyl (C=O) groups is 2. The Hall–Kier alpha value is -1.90. The first-order valence-corrected chi connectivity index (χ1v) is 11.2. The van der Waals surface area contributed by atoms with Gasteiger partial charge in [-0.3, -0.25) is 4.90 Å². The first kappa shape index (κ1) is 28.1. The molecule has 1 fully saturated rings. The lowest BCUT2D eigenvalue weighted by atomic mass is 9.86. The molecule has 0 aromatic heterocycles. The summed E-state index contributed by atoms with van der Waals surface area (Å²) in [6.07, 6.45) is 2.31. The summed E-state index contributed by atoms with van der Waals surface area (Å²) in [5.41, 5.74) is -0.894. The minimum absolute atomic E-state index is 0.270. The number of esters is 1. The van der Waals surface area contributed by atoms with Crippen LogP contribution in [0.3, 0.4) is 0 Å². The molecule has 1 rings (SSSR count). The minimum Gasteiger partial charge on any atom is -0.463 e. The van der Waals surface area contributed by atoms with Crippen molar-refractivity contribution in [3.63, 3.8) is 0 Å². The van der Waals surface area contributed by atoms with Crippen LogP contribution in [0.5, 0.6) is 0 Å². The standard InChI is InChI=1S/C24H41NO7/c1-10-30-19(26)12-11-15(2)20(27)17(4)21(28)16(3)13-18-14-31-24(8,9)25(18)22(29)32-23(5,6)7/h11-13,15,17-18,20-21,27-28H,10,14H2,1-9H3/b12-11+,16-13+/t15-,17+,18+,20-,21-/m0/s1. The fourth-order valence-corrected chi connectivity index (χ4v) is 3.64. The van der Waals surface area contributed by atoms with E-state index in [0.717, 1.165) is 0 Å². The molecule has 1 heterocycles. The van der Waals surface area contributed by atoms with Crippen LogP contribution < -0.4 is 0 Å². The van der Waals surface area contributed by atoms with Gasteiger partial charge in [0.15, 0.2) is 0 Å². The van der Waals surface area contributed by atoms with Crippen molar-refractivity contribution in [2.75, 3.05) is 13.2 Å². The van der Waals surface area contributed by atoms with Crippen molar-refractivity contribution >= 4 is 12.1 Å². The van der Waals surface area contributed by atoms with E-state index in [1.54, 1.807) is 74.5 Å². The molecule has 184 valence electrons. The molecule has 0 spiro atoms. The number of hydrogen-bond donors (Lipinski definition) is 2. The third kappa shape index (κ3) is 7.90. The summed E-state index contributed by atoms with van der Waals surface area (Å²) in [6.45, 7) is 16.5. The smallest absolute Gasteiger partial charge is 0.413 e. The van der Waals surface area contributed by atoms with Gasteiger partial charge in [0.25, 0.3) is 0 Å². The molecule has 1 aliphatic rings. The molecule has 0 unspecified atom stereocenters. The summed E-state index contributed by atoms with van der Waals surface area (Å²) in [6, 6.07) is -0.417. The summed E-state index contributed by atoms with van der Waals surface area (Å²) in [5.74, 6) is -1.36. The molecule has 0 saturated carbocycles. The van der Waals surface area contributed by atoms with E-state index in [-0.39, 0.29) is 19.1 Å². The Morgan fingerprint density at radius 3 is 2.38 bits per heavy atom. The predicted octanol–water partition coefficient (Wildman–Crippen LogP) is 3.42. The number of rotatable bonds is 8. The van der Waals surface area contributed by atoms with E-state index in [1.807, 2.05) is 0 Å². The molecule has 1 aliphatic heterocycles. The van der Waals surface area contributed by atoms with Gasteiger partial charge in [-0.1, -0.05) is 26.0 Å². The van der Waals surface area contributed by atoms with E-state index < -0.39 is 47.6 Å². The molecule has 8 heteroatoms. The molecule has 0 aromatic rings. The quantitative estimate of drug-likeness (QED) is 0.328. The van der Waals surface area contributed by atoms with Crippen LogP contribution in [0, 0.1) is 11.8 Å². The predicted molar refractivity (Wildman–Crippen MR) is 122 cm³/mol. The Bertz CT molecular complexity index is 708. The van der Waals surface area contributed by atoms with Crippen LogP contribution in [-0.4, -0.2) is 70.0 Å². The molecule has 1 amide bonds. The Labute approximate surface area is 192 Å². The van der Waals surface area contributed by atoms with E-state index in [9.17, 15) is 19.8 Å². The first-order valence-electron chi connectivity index (χ1n) is 11.2. The lowest BCUT2D eigenvalue weighted by Gasteiger charge is -2.35. The molecule has 0 bridgehead atoms. The number of aliphatic hydroxyl groups excluding tert-OH is 2. The molecule has 0 aromatic carbocycles. The maximum atomic E-state index is 12.8. The molecular formula is C24H41NO7. The average molecular weight is 456 g/mol. The topological polar surface area (TPSA) is 106 Å². The highest BCUT2D eigenvalue weighted by Gasteiger charge is 2.45. The number of nitrogens with zero attached hydrogens (tertiary/aromatic N) is 1. The summed E-state index contributed by atoms with van der Waals surface area (Å²) < 4.78 is 16.2. The van der Waals surface area contributed by atoms with Gasteiger partial charge in [0.05, 0.1) is 31.5 Å². The normalized spacial score (nSPS) is 23.0. The molecule has 2 N–H and O–H groups in total. The van der Waals surface area contributed by atoms with E-state index in [2.05, 4.69) is 0 Å². The molecular weight excluding hydrogens is 414 g/mol. The fourth-order valence-electron chi connectivity index (χ4n) is 3.64. The second-order valence-electron chi connectivity index (χ2n) is 9.85. The lowest BCUT2D eigenvalue weighted by Crippen LogP contribution is -2.49. The molecule has 0 aliphatic carbocycles. The van der Waals surface area contributed by atoms with Gasteiger partial charge in [0, 0.05) is 17.9 Å². The van der Waals surface area contributed by atoms with Crippen LogP contribution in [0.4, 0.5) is 4.79 Å². The summed E-state index contributed by atoms with van der Waals surface area (Å²) >= 11 is 0. The van der Waals surface area contributed by atoms with Crippen molar-refractivity contribution < 1.29 is 34.0 Å². The van der Waals surface area contributed by atoms with Crippen molar-refractivity contribution in [3.05, 3.63) is 23.8 Å². The zero-order chi connectivity index (χ0) is 24.9. The third-order valence-corrected chi connectivity index (χ3v) is 5.43. The van der Waals surface area contributed by atoms with Crippen molar-refractivity contribution in [3.8, 4) is 0 Å². The Morgan fingerprint density at radius 2 is 1.84 bits per heavy atom. The Balaban J connectivity index is 2.94. The van der Waals surface area contributed by atoms with Crippen LogP contribution in [0.25, 0.3) is 0 Å². The van der Waals surface area contributed by atoms with Crippen molar-refractivity contribution in [2.45, 2.75) is 91.9 Å². The summed E-state index contributed by atoms with van der Waals surface area (Å²) in [7, 11) is 0. The highest BCUT2D eigenvalue weighted by molar-refractivity contribution is 5.81. The van der Waals surface area contributed by atoms with Crippen LogP contribution in [0.2, 0.25) is 0 Å². The molecule has 1 saturated heterocycles. The largest absolute Gasteiger partial charge is 0.463 e. The highest BCUT2D eigenvalue weighted by atomic mass is 16.6. The van der Waals surface area contributed by atoms with Gasteiger partial charge in [-0.05, 0) is 54.0 Å². The SMILES string of the molecule is CCOC(=O)/C=C/[C@H](C)[C@H](O)[C@@H](C)[C@@H](O)/C(C)=C/[C@@H]1COC(C)(C)N1C(=O)OC(C)(C)C. The maximum Gasteiger partial charge on any atom is 0.413 e. The van der Waals surface area contributed by atoms with Crippen molar-refractivity contribution in [2.24, 2.45) is 11.8 Å². The van der Waals surface area contributed by atoms with E-state index in [4.69, 9.17) is 14.2 Å². The fraction of sp³-hybridized carbons (Fsp3) is 0.750. The molecule has 8 nitrogen and oxygen atoms in total. The van der Waals surface area contributed by atoms with Gasteiger partial charge in [0.1, 0.15) is 11.3 Å². The number of hydrogen-bond acceptors (Lipinski definition) is 7. The molecule has 5 atom stereocenters. The van der Waals surface area contributed by atoms with Gasteiger partial charge in [-0.2, -0.15) is 0 Å². The second kappa shape index (κ2) is 11.3. The first-order chi connectivity index (χ1) is 14.6.